The zero-order valence-electron chi connectivity index (χ0n) is 11.0. The Bertz CT molecular complexity index is 651. The molecule has 0 saturated carbocycles. The molecule has 1 aromatic carbocycles. The van der Waals surface area contributed by atoms with Crippen molar-refractivity contribution >= 4 is 16.6 Å². The van der Waals surface area contributed by atoms with Crippen LogP contribution < -0.4 is 10.6 Å². The molecule has 0 aliphatic carbocycles. The highest BCUT2D eigenvalue weighted by molar-refractivity contribution is 6.18. The van der Waals surface area contributed by atoms with Gasteiger partial charge < -0.3 is 15.6 Å². The highest BCUT2D eigenvalue weighted by atomic mass is 14.9. The molecule has 4 N–H and O–H groups in total. The third kappa shape index (κ3) is 2.04. The van der Waals surface area contributed by atoms with Gasteiger partial charge in [0.2, 0.25) is 0 Å². The summed E-state index contributed by atoms with van der Waals surface area (Å²) in [4.78, 5) is 3.24. The summed E-state index contributed by atoms with van der Waals surface area (Å²) in [6.07, 6.45) is 2.89. The van der Waals surface area contributed by atoms with Gasteiger partial charge >= 0.3 is 0 Å². The van der Waals surface area contributed by atoms with Gasteiger partial charge in [-0.1, -0.05) is 18.2 Å². The first-order valence-electron chi connectivity index (χ1n) is 6.57. The Balaban J connectivity index is 2.06. The van der Waals surface area contributed by atoms with Crippen LogP contribution in [0, 0.1) is 5.41 Å². The first-order valence-corrected chi connectivity index (χ1v) is 6.57. The minimum Gasteiger partial charge on any atom is -0.391 e. The number of hydrogen-bond donors (Lipinski definition) is 4. The molecule has 2 heterocycles. The molecule has 0 unspecified atom stereocenters. The molecule has 0 bridgehead atoms. The first kappa shape index (κ1) is 12.0. The van der Waals surface area contributed by atoms with E-state index in [9.17, 15) is 0 Å². The summed E-state index contributed by atoms with van der Waals surface area (Å²) in [6, 6.07) is 8.12. The zero-order valence-corrected chi connectivity index (χ0v) is 11.0. The van der Waals surface area contributed by atoms with Crippen LogP contribution in [0.3, 0.4) is 0 Å². The number of H-pyrrole nitrogens is 1. The van der Waals surface area contributed by atoms with Crippen molar-refractivity contribution in [1.82, 2.24) is 15.6 Å². The predicted molar refractivity (Wildman–Crippen MR) is 78.7 cm³/mol. The highest BCUT2D eigenvalue weighted by Gasteiger charge is 2.18. The van der Waals surface area contributed by atoms with Crippen LogP contribution in [0.1, 0.15) is 12.0 Å². The Morgan fingerprint density at radius 1 is 1.32 bits per heavy atom. The Kier molecular flexibility index (Phi) is 3.09. The van der Waals surface area contributed by atoms with Gasteiger partial charge in [0.05, 0.1) is 5.71 Å². The highest BCUT2D eigenvalue weighted by Crippen LogP contribution is 2.22. The topological polar surface area (TPSA) is 63.7 Å². The normalized spacial score (nSPS) is 15.8. The minimum atomic E-state index is 0.606. The van der Waals surface area contributed by atoms with E-state index < -0.39 is 0 Å². The molecule has 4 nitrogen and oxygen atoms in total. The van der Waals surface area contributed by atoms with Gasteiger partial charge in [0.25, 0.3) is 0 Å². The largest absolute Gasteiger partial charge is 0.391 e. The molecule has 0 spiro atoms. The fourth-order valence-electron chi connectivity index (χ4n) is 2.64. The van der Waals surface area contributed by atoms with Crippen molar-refractivity contribution in [1.29, 1.82) is 5.41 Å². The number of hydrogen-bond acceptors (Lipinski definition) is 3. The monoisotopic (exact) mass is 254 g/mol. The van der Waals surface area contributed by atoms with E-state index in [0.717, 1.165) is 41.5 Å². The van der Waals surface area contributed by atoms with E-state index in [0.29, 0.717) is 5.71 Å². The number of nitrogens with one attached hydrogen (secondary N) is 4. The fraction of sp³-hybridized carbons (Fsp3) is 0.267. The van der Waals surface area contributed by atoms with Crippen molar-refractivity contribution in [3.63, 3.8) is 0 Å². The molecule has 0 saturated heterocycles. The molecule has 1 aliphatic rings. The summed E-state index contributed by atoms with van der Waals surface area (Å²) >= 11 is 0. The number of aromatic nitrogens is 1. The molecular formula is C15H18N4. The second-order valence-corrected chi connectivity index (χ2v) is 4.76. The van der Waals surface area contributed by atoms with Crippen molar-refractivity contribution in [2.24, 2.45) is 0 Å². The number of benzene rings is 1. The summed E-state index contributed by atoms with van der Waals surface area (Å²) in [7, 11) is 1.93. The quantitative estimate of drug-likeness (QED) is 0.633. The lowest BCUT2D eigenvalue weighted by Crippen LogP contribution is -2.32. The summed E-state index contributed by atoms with van der Waals surface area (Å²) in [6.45, 7) is 1.73. The Hall–Kier alpha value is -2.07. The zero-order chi connectivity index (χ0) is 13.2. The van der Waals surface area contributed by atoms with Gasteiger partial charge in [-0.3, -0.25) is 5.41 Å². The van der Waals surface area contributed by atoms with Crippen LogP contribution in [-0.2, 0) is 0 Å². The molecule has 0 radical (unpaired) electrons. The SMILES string of the molecule is CNC1=C(C(=N)c2c[nH]c3ccccc23)CNCC1. The molecule has 0 atom stereocenters. The van der Waals surface area contributed by atoms with Crippen LogP contribution >= 0.6 is 0 Å². The van der Waals surface area contributed by atoms with Crippen LogP contribution in [-0.4, -0.2) is 30.8 Å². The van der Waals surface area contributed by atoms with E-state index in [4.69, 9.17) is 5.41 Å². The lowest BCUT2D eigenvalue weighted by molar-refractivity contribution is 0.659. The summed E-state index contributed by atoms with van der Waals surface area (Å²) < 4.78 is 0. The van der Waals surface area contributed by atoms with Crippen molar-refractivity contribution in [3.8, 4) is 0 Å². The predicted octanol–water partition coefficient (Wildman–Crippen LogP) is 2.00. The van der Waals surface area contributed by atoms with Crippen LogP contribution in [0.15, 0.2) is 41.7 Å². The van der Waals surface area contributed by atoms with Gasteiger partial charge in [0.1, 0.15) is 0 Å². The average molecular weight is 254 g/mol. The lowest BCUT2D eigenvalue weighted by atomic mass is 9.97. The van der Waals surface area contributed by atoms with Gasteiger partial charge in [-0.05, 0) is 6.07 Å². The second-order valence-electron chi connectivity index (χ2n) is 4.76. The van der Waals surface area contributed by atoms with E-state index in [1.54, 1.807) is 0 Å². The molecular weight excluding hydrogens is 236 g/mol. The number of para-hydroxylation sites is 1. The van der Waals surface area contributed by atoms with Crippen molar-refractivity contribution in [2.75, 3.05) is 20.1 Å². The molecule has 3 rings (SSSR count). The van der Waals surface area contributed by atoms with E-state index in [1.165, 1.54) is 5.70 Å². The molecule has 1 aliphatic heterocycles. The van der Waals surface area contributed by atoms with Gasteiger partial charge in [-0.2, -0.15) is 0 Å². The van der Waals surface area contributed by atoms with Crippen LogP contribution in [0.5, 0.6) is 0 Å². The summed E-state index contributed by atoms with van der Waals surface area (Å²) in [5.41, 5.74) is 4.90. The van der Waals surface area contributed by atoms with E-state index in [2.05, 4.69) is 21.7 Å². The van der Waals surface area contributed by atoms with Crippen molar-refractivity contribution in [2.45, 2.75) is 6.42 Å². The van der Waals surface area contributed by atoms with E-state index >= 15 is 0 Å². The average Bonchev–Trinajstić information content (AvgIpc) is 2.90. The maximum atomic E-state index is 8.50. The third-order valence-corrected chi connectivity index (χ3v) is 3.68. The smallest absolute Gasteiger partial charge is 0.0695 e. The Morgan fingerprint density at radius 3 is 3.00 bits per heavy atom. The third-order valence-electron chi connectivity index (χ3n) is 3.68. The van der Waals surface area contributed by atoms with Gasteiger partial charge in [-0.15, -0.1) is 0 Å². The molecule has 0 amide bonds. The molecule has 19 heavy (non-hydrogen) atoms. The van der Waals surface area contributed by atoms with Crippen LogP contribution in [0.4, 0.5) is 0 Å². The van der Waals surface area contributed by atoms with Gasteiger partial charge in [0.15, 0.2) is 0 Å². The first-order chi connectivity index (χ1) is 9.31. The number of rotatable bonds is 3. The fourth-order valence-corrected chi connectivity index (χ4v) is 2.64. The molecule has 0 fully saturated rings. The second kappa shape index (κ2) is 4.90. The van der Waals surface area contributed by atoms with Gasteiger partial charge in [-0.25, -0.2) is 0 Å². The summed E-state index contributed by atoms with van der Waals surface area (Å²) in [5, 5.41) is 16.2. The van der Waals surface area contributed by atoms with Crippen molar-refractivity contribution < 1.29 is 0 Å². The van der Waals surface area contributed by atoms with Crippen LogP contribution in [0.2, 0.25) is 0 Å². The summed E-state index contributed by atoms with van der Waals surface area (Å²) in [5.74, 6) is 0. The Morgan fingerprint density at radius 2 is 2.16 bits per heavy atom. The maximum absolute atomic E-state index is 8.50. The molecule has 4 heteroatoms. The standard InChI is InChI=1S/C15H18N4/c1-17-13-6-7-18-8-12(13)15(16)11-9-19-14-5-3-2-4-10(11)14/h2-5,9,16-19H,6-8H2,1H3. The maximum Gasteiger partial charge on any atom is 0.0695 e. The lowest BCUT2D eigenvalue weighted by Gasteiger charge is -2.21. The van der Waals surface area contributed by atoms with E-state index in [1.807, 2.05) is 31.4 Å². The number of aromatic amines is 1. The Labute approximate surface area is 112 Å². The van der Waals surface area contributed by atoms with Crippen LogP contribution in [0.25, 0.3) is 10.9 Å². The molecule has 98 valence electrons. The van der Waals surface area contributed by atoms with Crippen molar-refractivity contribution in [3.05, 3.63) is 47.3 Å². The molecule has 1 aromatic heterocycles. The number of fused-ring (bicyclic) bond motifs is 1. The van der Waals surface area contributed by atoms with E-state index in [-0.39, 0.29) is 0 Å². The minimum absolute atomic E-state index is 0.606. The van der Waals surface area contributed by atoms with Gasteiger partial charge in [0, 0.05) is 60.5 Å². The molecule has 2 aromatic rings.